The minimum atomic E-state index is 0.0172. The molecule has 0 saturated carbocycles. The number of ketones is 1. The number of piperidine rings is 2. The first-order valence-electron chi connectivity index (χ1n) is 11.7. The maximum absolute atomic E-state index is 13.3. The maximum atomic E-state index is 13.3. The zero-order chi connectivity index (χ0) is 20.9. The van der Waals surface area contributed by atoms with Crippen LogP contribution in [0.4, 0.5) is 0 Å². The molecule has 2 atom stereocenters. The van der Waals surface area contributed by atoms with Gasteiger partial charge in [-0.15, -0.1) is 0 Å². The van der Waals surface area contributed by atoms with Gasteiger partial charge in [0.25, 0.3) is 0 Å². The minimum Gasteiger partial charge on any atom is -0.296 e. The van der Waals surface area contributed by atoms with Gasteiger partial charge >= 0.3 is 0 Å². The summed E-state index contributed by atoms with van der Waals surface area (Å²) in [4.78, 5) is 18.1. The van der Waals surface area contributed by atoms with Crippen LogP contribution in [-0.2, 0) is 4.79 Å². The van der Waals surface area contributed by atoms with Crippen LogP contribution >= 0.6 is 0 Å². The van der Waals surface area contributed by atoms with E-state index >= 15 is 0 Å². The van der Waals surface area contributed by atoms with Crippen LogP contribution in [0.15, 0.2) is 60.7 Å². The number of hydrogen-bond acceptors (Lipinski definition) is 3. The average Bonchev–Trinajstić information content (AvgIpc) is 2.84. The van der Waals surface area contributed by atoms with Crippen molar-refractivity contribution in [3.63, 3.8) is 0 Å². The highest BCUT2D eigenvalue weighted by Gasteiger charge is 2.33. The van der Waals surface area contributed by atoms with Crippen LogP contribution in [0, 0.1) is 0 Å². The topological polar surface area (TPSA) is 23.6 Å². The molecule has 3 nitrogen and oxygen atoms in total. The van der Waals surface area contributed by atoms with Crippen LogP contribution in [-0.4, -0.2) is 53.8 Å². The molecule has 2 aromatic rings. The molecule has 3 heteroatoms. The van der Waals surface area contributed by atoms with E-state index in [0.29, 0.717) is 17.6 Å². The van der Waals surface area contributed by atoms with Crippen molar-refractivity contribution >= 4 is 5.78 Å². The average molecular weight is 405 g/mol. The summed E-state index contributed by atoms with van der Waals surface area (Å²) in [5.74, 6) is 1.67. The summed E-state index contributed by atoms with van der Waals surface area (Å²) in [5, 5.41) is 0. The Balaban J connectivity index is 1.27. The first-order chi connectivity index (χ1) is 14.6. The summed E-state index contributed by atoms with van der Waals surface area (Å²) in [6.07, 6.45) is 4.61. The summed E-state index contributed by atoms with van der Waals surface area (Å²) in [6.45, 7) is 8.34. The smallest absolute Gasteiger partial charge is 0.166 e. The highest BCUT2D eigenvalue weighted by molar-refractivity contribution is 5.88. The lowest BCUT2D eigenvalue weighted by atomic mass is 9.87. The van der Waals surface area contributed by atoms with E-state index in [2.05, 4.69) is 84.3 Å². The lowest BCUT2D eigenvalue weighted by Crippen LogP contribution is -2.52. The van der Waals surface area contributed by atoms with E-state index < -0.39 is 0 Å². The van der Waals surface area contributed by atoms with E-state index in [4.69, 9.17) is 0 Å². The van der Waals surface area contributed by atoms with Gasteiger partial charge in [-0.25, -0.2) is 0 Å². The van der Waals surface area contributed by atoms with Gasteiger partial charge in [-0.1, -0.05) is 60.7 Å². The Morgan fingerprint density at radius 1 is 0.667 bits per heavy atom. The molecule has 2 aromatic carbocycles. The zero-order valence-electron chi connectivity index (χ0n) is 18.5. The zero-order valence-corrected chi connectivity index (χ0v) is 18.5. The molecule has 0 aromatic heterocycles. The molecule has 4 rings (SSSR count). The predicted molar refractivity (Wildman–Crippen MR) is 124 cm³/mol. The summed E-state index contributed by atoms with van der Waals surface area (Å²) in [7, 11) is 0. The van der Waals surface area contributed by atoms with E-state index in [0.717, 1.165) is 51.9 Å². The first-order valence-corrected chi connectivity index (χ1v) is 11.7. The Morgan fingerprint density at radius 2 is 1.00 bits per heavy atom. The Kier molecular flexibility index (Phi) is 7.01. The van der Waals surface area contributed by atoms with Crippen LogP contribution in [0.3, 0.4) is 0 Å². The van der Waals surface area contributed by atoms with Crippen LogP contribution in [0.2, 0.25) is 0 Å². The lowest BCUT2D eigenvalue weighted by molar-refractivity contribution is -0.129. The number of rotatable bonds is 6. The van der Waals surface area contributed by atoms with Crippen molar-refractivity contribution in [3.05, 3.63) is 71.8 Å². The highest BCUT2D eigenvalue weighted by Crippen LogP contribution is 2.31. The maximum Gasteiger partial charge on any atom is 0.166 e. The van der Waals surface area contributed by atoms with Crippen LogP contribution in [0.25, 0.3) is 0 Å². The predicted octanol–water partition coefficient (Wildman–Crippen LogP) is 5.09. The molecule has 2 heterocycles. The molecular weight excluding hydrogens is 368 g/mol. The molecule has 2 aliphatic heterocycles. The SMILES string of the molecule is CC(C(=O)C(C)N1CCC(c2ccccc2)CC1)N1CCC(c2ccccc2)CC1. The number of likely N-dealkylation sites (tertiary alicyclic amines) is 2. The van der Waals surface area contributed by atoms with Crippen molar-refractivity contribution in [1.82, 2.24) is 9.80 Å². The van der Waals surface area contributed by atoms with Crippen molar-refractivity contribution < 1.29 is 4.79 Å². The summed E-state index contributed by atoms with van der Waals surface area (Å²) >= 11 is 0. The van der Waals surface area contributed by atoms with E-state index in [-0.39, 0.29) is 12.1 Å². The quantitative estimate of drug-likeness (QED) is 0.670. The molecule has 0 amide bonds. The molecular formula is C27H36N2O. The van der Waals surface area contributed by atoms with Gasteiger partial charge in [0.1, 0.15) is 0 Å². The molecule has 2 fully saturated rings. The number of nitrogens with zero attached hydrogens (tertiary/aromatic N) is 2. The van der Waals surface area contributed by atoms with Crippen LogP contribution < -0.4 is 0 Å². The van der Waals surface area contributed by atoms with E-state index in [1.807, 2.05) is 0 Å². The van der Waals surface area contributed by atoms with Crippen molar-refractivity contribution in [2.75, 3.05) is 26.2 Å². The van der Waals surface area contributed by atoms with Gasteiger partial charge in [-0.3, -0.25) is 14.6 Å². The van der Waals surface area contributed by atoms with E-state index in [9.17, 15) is 4.79 Å². The van der Waals surface area contributed by atoms with Crippen LogP contribution in [0.1, 0.15) is 62.5 Å². The van der Waals surface area contributed by atoms with Crippen molar-refractivity contribution in [2.45, 2.75) is 63.5 Å². The molecule has 0 radical (unpaired) electrons. The second kappa shape index (κ2) is 9.89. The summed E-state index contributed by atoms with van der Waals surface area (Å²) in [5.41, 5.74) is 2.90. The van der Waals surface area contributed by atoms with Crippen LogP contribution in [0.5, 0.6) is 0 Å². The third kappa shape index (κ3) is 4.84. The Morgan fingerprint density at radius 3 is 1.33 bits per heavy atom. The second-order valence-electron chi connectivity index (χ2n) is 9.20. The number of benzene rings is 2. The molecule has 2 saturated heterocycles. The number of carbonyl (C=O) groups is 1. The van der Waals surface area contributed by atoms with Gasteiger partial charge in [-0.2, -0.15) is 0 Å². The fourth-order valence-corrected chi connectivity index (χ4v) is 5.40. The Hall–Kier alpha value is -1.97. The molecule has 2 aliphatic rings. The third-order valence-electron chi connectivity index (χ3n) is 7.52. The molecule has 30 heavy (non-hydrogen) atoms. The number of carbonyl (C=O) groups excluding carboxylic acids is 1. The molecule has 0 spiro atoms. The van der Waals surface area contributed by atoms with E-state index in [1.165, 1.54) is 11.1 Å². The van der Waals surface area contributed by atoms with Gasteiger partial charge in [0.15, 0.2) is 5.78 Å². The minimum absolute atomic E-state index is 0.0172. The van der Waals surface area contributed by atoms with E-state index in [1.54, 1.807) is 0 Å². The largest absolute Gasteiger partial charge is 0.296 e. The summed E-state index contributed by atoms with van der Waals surface area (Å²) in [6, 6.07) is 21.7. The second-order valence-corrected chi connectivity index (χ2v) is 9.20. The first kappa shape index (κ1) is 21.3. The fraction of sp³-hybridized carbons (Fsp3) is 0.519. The normalized spacial score (nSPS) is 21.9. The van der Waals surface area contributed by atoms with Gasteiger partial charge < -0.3 is 0 Å². The third-order valence-corrected chi connectivity index (χ3v) is 7.52. The van der Waals surface area contributed by atoms with Gasteiger partial charge in [0.05, 0.1) is 12.1 Å². The number of Topliss-reactive ketones (excluding diaryl/α,β-unsaturated/α-hetero) is 1. The molecule has 2 unspecified atom stereocenters. The van der Waals surface area contributed by atoms with Gasteiger partial charge in [-0.05, 0) is 88.7 Å². The Labute approximate surface area is 182 Å². The highest BCUT2D eigenvalue weighted by atomic mass is 16.1. The standard InChI is InChI=1S/C27H36N2O/c1-21(28-17-13-25(14-18-28)23-9-5-3-6-10-23)27(30)22(2)29-19-15-26(16-20-29)24-11-7-4-8-12-24/h3-12,21-22,25-26H,13-20H2,1-2H3. The monoisotopic (exact) mass is 404 g/mol. The molecule has 0 bridgehead atoms. The van der Waals surface area contributed by atoms with Crippen molar-refractivity contribution in [3.8, 4) is 0 Å². The molecule has 0 N–H and O–H groups in total. The summed E-state index contributed by atoms with van der Waals surface area (Å²) < 4.78 is 0. The van der Waals surface area contributed by atoms with Gasteiger partial charge in [0.2, 0.25) is 0 Å². The van der Waals surface area contributed by atoms with Crippen molar-refractivity contribution in [1.29, 1.82) is 0 Å². The van der Waals surface area contributed by atoms with Gasteiger partial charge in [0, 0.05) is 0 Å². The fourth-order valence-electron chi connectivity index (χ4n) is 5.40. The molecule has 160 valence electrons. The molecule has 0 aliphatic carbocycles. The lowest BCUT2D eigenvalue weighted by Gasteiger charge is -2.40. The Bertz CT molecular complexity index is 723. The van der Waals surface area contributed by atoms with Crippen molar-refractivity contribution in [2.24, 2.45) is 0 Å². The number of hydrogen-bond donors (Lipinski definition) is 0.